The van der Waals surface area contributed by atoms with Crippen molar-refractivity contribution >= 4 is 25.2 Å². The second kappa shape index (κ2) is 17.2. The van der Waals surface area contributed by atoms with Crippen molar-refractivity contribution in [3.63, 3.8) is 0 Å². The number of hydrogen-bond acceptors (Lipinski definition) is 6. The molecule has 0 aromatic heterocycles. The second-order valence-corrected chi connectivity index (χ2v) is 16.8. The van der Waals surface area contributed by atoms with Crippen LogP contribution in [0.25, 0.3) is 11.1 Å². The van der Waals surface area contributed by atoms with Gasteiger partial charge in [-0.25, -0.2) is 0 Å². The fraction of sp³-hybridized carbons (Fsp3) is 0.707. The number of unbranched alkanes of at least 4 members (excludes halogenated alkanes) is 10. The molecule has 1 aliphatic rings. The fourth-order valence-corrected chi connectivity index (χ4v) is 6.90. The van der Waals surface area contributed by atoms with E-state index in [1.807, 2.05) is 39.8 Å². The Hall–Kier alpha value is -1.67. The van der Waals surface area contributed by atoms with Gasteiger partial charge in [0.2, 0.25) is 0 Å². The van der Waals surface area contributed by atoms with Crippen LogP contribution in [0.2, 0.25) is 0 Å². The van der Waals surface area contributed by atoms with Crippen LogP contribution < -0.4 is 10.9 Å². The van der Waals surface area contributed by atoms with E-state index in [1.54, 1.807) is 27.7 Å². The molecule has 274 valence electrons. The Bertz CT molecular complexity index is 1280. The molecule has 4 N–H and O–H groups in total. The number of rotatable bonds is 22. The third-order valence-electron chi connectivity index (χ3n) is 11.6. The summed E-state index contributed by atoms with van der Waals surface area (Å²) in [5.74, 6) is 0. The van der Waals surface area contributed by atoms with Crippen molar-refractivity contribution in [3.8, 4) is 11.1 Å². The molecule has 6 nitrogen and oxygen atoms in total. The molecule has 2 aromatic carbocycles. The minimum absolute atomic E-state index is 0.302. The summed E-state index contributed by atoms with van der Waals surface area (Å²) in [6.07, 6.45) is 16.4. The van der Waals surface area contributed by atoms with Crippen molar-refractivity contribution in [2.45, 2.75) is 187 Å². The summed E-state index contributed by atoms with van der Waals surface area (Å²) in [6.45, 7) is 18.9. The van der Waals surface area contributed by atoms with Gasteiger partial charge >= 0.3 is 14.2 Å². The van der Waals surface area contributed by atoms with Crippen LogP contribution in [0.4, 0.5) is 0 Å². The maximum Gasteiger partial charge on any atom is 0.494 e. The van der Waals surface area contributed by atoms with Gasteiger partial charge in [-0.15, -0.1) is 0 Å². The van der Waals surface area contributed by atoms with Crippen molar-refractivity contribution in [1.29, 1.82) is 0 Å². The first-order chi connectivity index (χ1) is 22.8. The molecule has 8 heteroatoms. The van der Waals surface area contributed by atoms with Gasteiger partial charge in [0.25, 0.3) is 0 Å². The van der Waals surface area contributed by atoms with E-state index in [1.165, 1.54) is 75.3 Å². The van der Waals surface area contributed by atoms with E-state index in [9.17, 15) is 20.3 Å². The molecule has 0 saturated carbocycles. The standard InChI is InChI=1S/C41H68B2O6/c1-11-13-15-17-19-21-27-41(28-22-20-18-16-14-12-2)35-29-31(42(46)47)23-25-33(35)34-26-24-32(30-36(34)41)43(48-39(7,8)37(3,4)44)49-40(9,10)38(5,6)45/h23-26,29-30,44-47H,11-22,27-28H2,1-10H3. The highest BCUT2D eigenvalue weighted by Crippen LogP contribution is 2.54. The van der Waals surface area contributed by atoms with Crippen molar-refractivity contribution < 1.29 is 29.6 Å². The van der Waals surface area contributed by atoms with Gasteiger partial charge in [0.1, 0.15) is 0 Å². The average Bonchev–Trinajstić information content (AvgIpc) is 3.27. The van der Waals surface area contributed by atoms with Crippen molar-refractivity contribution in [1.82, 2.24) is 0 Å². The Morgan fingerprint density at radius 1 is 0.551 bits per heavy atom. The van der Waals surface area contributed by atoms with E-state index >= 15 is 0 Å². The molecule has 0 unspecified atom stereocenters. The van der Waals surface area contributed by atoms with Crippen LogP contribution in [0, 0.1) is 0 Å². The molecule has 1 aliphatic carbocycles. The lowest BCUT2D eigenvalue weighted by Gasteiger charge is -2.43. The Morgan fingerprint density at radius 2 is 0.918 bits per heavy atom. The minimum atomic E-state index is -1.54. The average molecular weight is 679 g/mol. The summed E-state index contributed by atoms with van der Waals surface area (Å²) in [7, 11) is -2.41. The molecule has 0 bridgehead atoms. The van der Waals surface area contributed by atoms with Gasteiger partial charge < -0.3 is 29.6 Å². The van der Waals surface area contributed by atoms with E-state index in [0.29, 0.717) is 5.46 Å². The summed E-state index contributed by atoms with van der Waals surface area (Å²) in [6, 6.07) is 12.4. The SMILES string of the molecule is CCCCCCCCC1(CCCCCCCC)c2cc(B(O)O)ccc2-c2ccc(B(OC(C)(C)C(C)(C)O)OC(C)(C)C(C)(C)O)cc21. The third kappa shape index (κ3) is 10.2. The predicted octanol–water partition coefficient (Wildman–Crippen LogP) is 7.96. The summed E-state index contributed by atoms with van der Waals surface area (Å²) in [4.78, 5) is 0. The van der Waals surface area contributed by atoms with Gasteiger partial charge in [0.15, 0.2) is 0 Å². The largest absolute Gasteiger partial charge is 0.494 e. The third-order valence-corrected chi connectivity index (χ3v) is 11.6. The normalized spacial score (nSPS) is 14.6. The highest BCUT2D eigenvalue weighted by molar-refractivity contribution is 6.61. The molecule has 3 rings (SSSR count). The quantitative estimate of drug-likeness (QED) is 0.0746. The lowest BCUT2D eigenvalue weighted by Crippen LogP contribution is -2.59. The van der Waals surface area contributed by atoms with E-state index < -0.39 is 36.6 Å². The van der Waals surface area contributed by atoms with E-state index in [0.717, 1.165) is 42.3 Å². The molecule has 0 radical (unpaired) electrons. The zero-order chi connectivity index (χ0) is 36.7. The first-order valence-corrected chi connectivity index (χ1v) is 19.3. The number of fused-ring (bicyclic) bond motifs is 3. The van der Waals surface area contributed by atoms with Crippen molar-refractivity contribution in [3.05, 3.63) is 47.5 Å². The smallest absolute Gasteiger partial charge is 0.423 e. The minimum Gasteiger partial charge on any atom is -0.423 e. The molecule has 0 atom stereocenters. The molecule has 0 saturated heterocycles. The van der Waals surface area contributed by atoms with Gasteiger partial charge in [-0.3, -0.25) is 0 Å². The van der Waals surface area contributed by atoms with Crippen LogP contribution in [0.1, 0.15) is 170 Å². The Morgan fingerprint density at radius 3 is 1.31 bits per heavy atom. The Balaban J connectivity index is 2.19. The summed E-state index contributed by atoms with van der Waals surface area (Å²) < 4.78 is 13.4. The van der Waals surface area contributed by atoms with Gasteiger partial charge in [-0.1, -0.05) is 127 Å². The molecule has 0 amide bonds. The molecule has 0 aliphatic heterocycles. The fourth-order valence-electron chi connectivity index (χ4n) is 6.90. The zero-order valence-electron chi connectivity index (χ0n) is 32.6. The van der Waals surface area contributed by atoms with Gasteiger partial charge in [-0.05, 0) is 101 Å². The molecule has 49 heavy (non-hydrogen) atoms. The lowest BCUT2D eigenvalue weighted by molar-refractivity contribution is -0.131. The molecule has 0 spiro atoms. The molecular formula is C41H68B2O6. The van der Waals surface area contributed by atoms with Crippen LogP contribution in [-0.2, 0) is 14.7 Å². The molecule has 0 heterocycles. The topological polar surface area (TPSA) is 99.4 Å². The summed E-state index contributed by atoms with van der Waals surface area (Å²) in [5.41, 5.74) is 1.48. The predicted molar refractivity (Wildman–Crippen MR) is 207 cm³/mol. The van der Waals surface area contributed by atoms with Crippen LogP contribution in [0.3, 0.4) is 0 Å². The van der Waals surface area contributed by atoms with Crippen LogP contribution in [0.15, 0.2) is 36.4 Å². The van der Waals surface area contributed by atoms with Crippen molar-refractivity contribution in [2.75, 3.05) is 0 Å². The van der Waals surface area contributed by atoms with Gasteiger partial charge in [0, 0.05) is 5.41 Å². The summed E-state index contributed by atoms with van der Waals surface area (Å²) >= 11 is 0. The number of benzene rings is 2. The van der Waals surface area contributed by atoms with Crippen LogP contribution in [-0.4, -0.2) is 56.9 Å². The highest BCUT2D eigenvalue weighted by Gasteiger charge is 2.48. The maximum atomic E-state index is 11.1. The first kappa shape index (κ1) is 41.7. The first-order valence-electron chi connectivity index (χ1n) is 19.3. The number of aliphatic hydroxyl groups is 2. The number of hydrogen-bond donors (Lipinski definition) is 4. The Labute approximate surface area is 299 Å². The van der Waals surface area contributed by atoms with Crippen molar-refractivity contribution in [2.24, 2.45) is 0 Å². The summed E-state index contributed by atoms with van der Waals surface area (Å²) in [5, 5.41) is 42.8. The Kier molecular flexibility index (Phi) is 14.7. The lowest BCUT2D eigenvalue weighted by atomic mass is 9.66. The maximum absolute atomic E-state index is 11.1. The highest BCUT2D eigenvalue weighted by atomic mass is 16.6. The van der Waals surface area contributed by atoms with Gasteiger partial charge in [-0.2, -0.15) is 0 Å². The monoisotopic (exact) mass is 679 g/mol. The van der Waals surface area contributed by atoms with E-state index in [4.69, 9.17) is 9.31 Å². The zero-order valence-corrected chi connectivity index (χ0v) is 32.6. The van der Waals surface area contributed by atoms with E-state index in [-0.39, 0.29) is 5.41 Å². The van der Waals surface area contributed by atoms with Gasteiger partial charge in [0.05, 0.1) is 22.4 Å². The van der Waals surface area contributed by atoms with Crippen LogP contribution in [0.5, 0.6) is 0 Å². The van der Waals surface area contributed by atoms with Crippen LogP contribution >= 0.6 is 0 Å². The molecular weight excluding hydrogens is 610 g/mol. The second-order valence-electron chi connectivity index (χ2n) is 16.8. The molecule has 0 fully saturated rings. The van der Waals surface area contributed by atoms with E-state index in [2.05, 4.69) is 38.1 Å². The molecule has 2 aromatic rings.